The van der Waals surface area contributed by atoms with Crippen LogP contribution in [-0.2, 0) is 16.0 Å². The van der Waals surface area contributed by atoms with Crippen LogP contribution in [0.5, 0.6) is 5.75 Å². The molecule has 0 saturated carbocycles. The van der Waals surface area contributed by atoms with Crippen LogP contribution in [0.2, 0.25) is 0 Å². The summed E-state index contributed by atoms with van der Waals surface area (Å²) in [7, 11) is 1.66. The summed E-state index contributed by atoms with van der Waals surface area (Å²) in [5, 5.41) is 0. The number of methoxy groups -OCH3 is 1. The molecule has 156 valence electrons. The molecular weight excluding hydrogens is 370 g/mol. The van der Waals surface area contributed by atoms with Gasteiger partial charge in [-0.1, -0.05) is 12.1 Å². The minimum atomic E-state index is 0.169. The van der Waals surface area contributed by atoms with Crippen LogP contribution in [-0.4, -0.2) is 73.7 Å². The van der Waals surface area contributed by atoms with Crippen LogP contribution in [0.25, 0.3) is 0 Å². The van der Waals surface area contributed by atoms with Crippen LogP contribution in [0.4, 0.5) is 0 Å². The second-order valence-electron chi connectivity index (χ2n) is 7.76. The summed E-state index contributed by atoms with van der Waals surface area (Å²) in [5.41, 5.74) is 1.15. The molecule has 2 aromatic rings. The summed E-state index contributed by atoms with van der Waals surface area (Å²) in [6.45, 7) is 5.07. The van der Waals surface area contributed by atoms with Crippen LogP contribution < -0.4 is 4.74 Å². The molecule has 4 rings (SSSR count). The van der Waals surface area contributed by atoms with E-state index in [9.17, 15) is 4.79 Å². The average molecular weight is 399 g/mol. The lowest BCUT2D eigenvalue weighted by molar-refractivity contribution is -0.134. The first-order valence-corrected chi connectivity index (χ1v) is 10.4. The van der Waals surface area contributed by atoms with E-state index in [1.54, 1.807) is 7.11 Å². The molecule has 0 spiro atoms. The number of likely N-dealkylation sites (tertiary alicyclic amines) is 1. The van der Waals surface area contributed by atoms with Crippen LogP contribution >= 0.6 is 0 Å². The highest BCUT2D eigenvalue weighted by atomic mass is 16.5. The number of piperidine rings is 1. The maximum atomic E-state index is 12.7. The SMILES string of the molecule is COc1ccc(Cc2cnc(C3CCCN(C(=O)CN4CCOCC4)C3)o2)cc1. The zero-order valence-corrected chi connectivity index (χ0v) is 17.0. The normalized spacial score (nSPS) is 20.6. The Bertz CT molecular complexity index is 799. The zero-order chi connectivity index (χ0) is 20.1. The van der Waals surface area contributed by atoms with Crippen molar-refractivity contribution >= 4 is 5.91 Å². The molecular formula is C22H29N3O4. The smallest absolute Gasteiger partial charge is 0.236 e. The number of nitrogens with zero attached hydrogens (tertiary/aromatic N) is 3. The third-order valence-electron chi connectivity index (χ3n) is 5.69. The van der Waals surface area contributed by atoms with Gasteiger partial charge in [-0.05, 0) is 30.5 Å². The third-order valence-corrected chi connectivity index (χ3v) is 5.69. The molecule has 7 heteroatoms. The first kappa shape index (κ1) is 19.9. The Labute approximate surface area is 171 Å². The Morgan fingerprint density at radius 2 is 2.00 bits per heavy atom. The van der Waals surface area contributed by atoms with Gasteiger partial charge in [-0.15, -0.1) is 0 Å². The van der Waals surface area contributed by atoms with Gasteiger partial charge in [-0.25, -0.2) is 4.98 Å². The lowest BCUT2D eigenvalue weighted by Crippen LogP contribution is -2.47. The number of oxazole rings is 1. The average Bonchev–Trinajstić information content (AvgIpc) is 3.24. The Hall–Kier alpha value is -2.38. The van der Waals surface area contributed by atoms with Gasteiger partial charge in [0.25, 0.3) is 0 Å². The lowest BCUT2D eigenvalue weighted by atomic mass is 9.98. The van der Waals surface area contributed by atoms with Crippen LogP contribution in [0.15, 0.2) is 34.9 Å². The van der Waals surface area contributed by atoms with Crippen molar-refractivity contribution in [2.75, 3.05) is 53.0 Å². The molecule has 0 aliphatic carbocycles. The summed E-state index contributed by atoms with van der Waals surface area (Å²) in [4.78, 5) is 21.4. The van der Waals surface area contributed by atoms with Crippen molar-refractivity contribution in [2.24, 2.45) is 0 Å². The van der Waals surface area contributed by atoms with Crippen molar-refractivity contribution in [1.29, 1.82) is 0 Å². The van der Waals surface area contributed by atoms with Gasteiger partial charge >= 0.3 is 0 Å². The van der Waals surface area contributed by atoms with Gasteiger partial charge in [-0.3, -0.25) is 9.69 Å². The fraction of sp³-hybridized carbons (Fsp3) is 0.545. The highest BCUT2D eigenvalue weighted by Gasteiger charge is 2.28. The van der Waals surface area contributed by atoms with E-state index in [0.29, 0.717) is 32.7 Å². The number of benzene rings is 1. The highest BCUT2D eigenvalue weighted by molar-refractivity contribution is 5.78. The minimum absolute atomic E-state index is 0.169. The molecule has 0 radical (unpaired) electrons. The number of aromatic nitrogens is 1. The lowest BCUT2D eigenvalue weighted by Gasteiger charge is -2.34. The van der Waals surface area contributed by atoms with Crippen molar-refractivity contribution in [3.63, 3.8) is 0 Å². The first-order valence-electron chi connectivity index (χ1n) is 10.4. The second kappa shape index (κ2) is 9.41. The van der Waals surface area contributed by atoms with Gasteiger partial charge < -0.3 is 18.8 Å². The fourth-order valence-electron chi connectivity index (χ4n) is 3.99. The predicted octanol–water partition coefficient (Wildman–Crippen LogP) is 2.31. The molecule has 2 fully saturated rings. The number of rotatable bonds is 6. The third kappa shape index (κ3) is 5.16. The zero-order valence-electron chi connectivity index (χ0n) is 17.0. The van der Waals surface area contributed by atoms with Crippen molar-refractivity contribution < 1.29 is 18.7 Å². The van der Waals surface area contributed by atoms with Gasteiger partial charge in [0.15, 0.2) is 5.89 Å². The maximum Gasteiger partial charge on any atom is 0.236 e. The van der Waals surface area contributed by atoms with E-state index in [2.05, 4.69) is 9.88 Å². The van der Waals surface area contributed by atoms with E-state index >= 15 is 0 Å². The molecule has 0 bridgehead atoms. The summed E-state index contributed by atoms with van der Waals surface area (Å²) in [6, 6.07) is 7.97. The summed E-state index contributed by atoms with van der Waals surface area (Å²) >= 11 is 0. The minimum Gasteiger partial charge on any atom is -0.497 e. The van der Waals surface area contributed by atoms with Crippen LogP contribution in [0, 0.1) is 0 Å². The fourth-order valence-corrected chi connectivity index (χ4v) is 3.99. The number of hydrogen-bond donors (Lipinski definition) is 0. The van der Waals surface area contributed by atoms with Crippen molar-refractivity contribution in [3.05, 3.63) is 47.7 Å². The van der Waals surface area contributed by atoms with Crippen molar-refractivity contribution in [1.82, 2.24) is 14.8 Å². The Morgan fingerprint density at radius 1 is 1.21 bits per heavy atom. The number of amides is 1. The van der Waals surface area contributed by atoms with Gasteiger partial charge in [0.05, 0.1) is 39.0 Å². The molecule has 3 heterocycles. The quantitative estimate of drug-likeness (QED) is 0.743. The summed E-state index contributed by atoms with van der Waals surface area (Å²) in [5.74, 6) is 2.80. The van der Waals surface area contributed by atoms with Gasteiger partial charge in [0.2, 0.25) is 5.91 Å². The molecule has 2 aliphatic heterocycles. The van der Waals surface area contributed by atoms with E-state index < -0.39 is 0 Å². The van der Waals surface area contributed by atoms with E-state index in [-0.39, 0.29) is 11.8 Å². The van der Waals surface area contributed by atoms with Crippen LogP contribution in [0.3, 0.4) is 0 Å². The second-order valence-corrected chi connectivity index (χ2v) is 7.76. The maximum absolute atomic E-state index is 12.7. The largest absolute Gasteiger partial charge is 0.497 e. The van der Waals surface area contributed by atoms with Crippen molar-refractivity contribution in [2.45, 2.75) is 25.2 Å². The molecule has 1 unspecified atom stereocenters. The molecule has 2 aliphatic rings. The molecule has 1 atom stereocenters. The number of carbonyl (C=O) groups is 1. The van der Waals surface area contributed by atoms with Gasteiger partial charge in [0.1, 0.15) is 11.5 Å². The van der Waals surface area contributed by atoms with Crippen LogP contribution in [0.1, 0.15) is 36.0 Å². The molecule has 1 aromatic heterocycles. The first-order chi connectivity index (χ1) is 14.2. The Kier molecular flexibility index (Phi) is 6.46. The topological polar surface area (TPSA) is 68.0 Å². The number of carbonyl (C=O) groups excluding carboxylic acids is 1. The van der Waals surface area contributed by atoms with E-state index in [0.717, 1.165) is 55.4 Å². The Balaban J connectivity index is 1.33. The molecule has 0 N–H and O–H groups in total. The van der Waals surface area contributed by atoms with Gasteiger partial charge in [0, 0.05) is 32.6 Å². The van der Waals surface area contributed by atoms with E-state index in [1.165, 1.54) is 0 Å². The highest BCUT2D eigenvalue weighted by Crippen LogP contribution is 2.27. The molecule has 29 heavy (non-hydrogen) atoms. The predicted molar refractivity (Wildman–Crippen MR) is 108 cm³/mol. The molecule has 2 saturated heterocycles. The van der Waals surface area contributed by atoms with Gasteiger partial charge in [-0.2, -0.15) is 0 Å². The van der Waals surface area contributed by atoms with Crippen molar-refractivity contribution in [3.8, 4) is 5.75 Å². The number of morpholine rings is 1. The van der Waals surface area contributed by atoms with E-state index in [4.69, 9.17) is 13.9 Å². The Morgan fingerprint density at radius 3 is 2.76 bits per heavy atom. The standard InChI is InChI=1S/C22H29N3O4/c1-27-19-6-4-17(5-7-19)13-20-14-23-22(29-20)18-3-2-8-25(15-18)21(26)16-24-9-11-28-12-10-24/h4-7,14,18H,2-3,8-13,15-16H2,1H3. The molecule has 1 amide bonds. The summed E-state index contributed by atoms with van der Waals surface area (Å²) < 4.78 is 16.6. The number of ether oxygens (including phenoxy) is 2. The monoisotopic (exact) mass is 399 g/mol. The molecule has 7 nitrogen and oxygen atoms in total. The number of hydrogen-bond acceptors (Lipinski definition) is 6. The van der Waals surface area contributed by atoms with E-state index in [1.807, 2.05) is 35.4 Å². The molecule has 1 aromatic carbocycles. The summed E-state index contributed by atoms with van der Waals surface area (Å²) in [6.07, 6.45) is 4.50.